The van der Waals surface area contributed by atoms with E-state index in [9.17, 15) is 14.4 Å². The number of hydrogen-bond acceptors (Lipinski definition) is 12. The molecule has 5 rings (SSSR count). The maximum atomic E-state index is 14.7. The van der Waals surface area contributed by atoms with E-state index in [0.717, 1.165) is 5.69 Å². The number of hydrogen-bond donors (Lipinski definition) is 0. The number of carbonyl (C=O) groups excluding carboxylic acids is 3. The van der Waals surface area contributed by atoms with Gasteiger partial charge in [0.2, 0.25) is 0 Å². The lowest BCUT2D eigenvalue weighted by atomic mass is 9.54. The van der Waals surface area contributed by atoms with Crippen LogP contribution in [0.4, 0.5) is 0 Å². The number of fused-ring (bicyclic) bond motifs is 2. The molecule has 2 aliphatic heterocycles. The van der Waals surface area contributed by atoms with Crippen LogP contribution in [-0.4, -0.2) is 76.8 Å². The molecule has 0 saturated carbocycles. The van der Waals surface area contributed by atoms with Gasteiger partial charge in [-0.25, -0.2) is 9.97 Å². The van der Waals surface area contributed by atoms with E-state index >= 15 is 0 Å². The molecule has 0 aromatic carbocycles. The molecule has 4 atom stereocenters. The molecule has 3 aromatic heterocycles. The van der Waals surface area contributed by atoms with Crippen molar-refractivity contribution < 1.29 is 23.9 Å². The number of likely N-dealkylation sites (tertiary alicyclic amines) is 2. The van der Waals surface area contributed by atoms with Gasteiger partial charge in [0.25, 0.3) is 0 Å². The zero-order chi connectivity index (χ0) is 25.5. The Labute approximate surface area is 215 Å². The van der Waals surface area contributed by atoms with Crippen LogP contribution in [0.5, 0.6) is 0 Å². The zero-order valence-electron chi connectivity index (χ0n) is 20.0. The van der Waals surface area contributed by atoms with Gasteiger partial charge >= 0.3 is 11.9 Å². The minimum absolute atomic E-state index is 0.0319. The fourth-order valence-corrected chi connectivity index (χ4v) is 7.08. The molecule has 3 aromatic rings. The lowest BCUT2D eigenvalue weighted by Crippen LogP contribution is -2.75. The van der Waals surface area contributed by atoms with Gasteiger partial charge < -0.3 is 9.47 Å². The maximum Gasteiger partial charge on any atom is 0.322 e. The lowest BCUT2D eigenvalue weighted by molar-refractivity contribution is -0.204. The van der Waals surface area contributed by atoms with Gasteiger partial charge in [-0.05, 0) is 19.2 Å². The molecule has 12 heteroatoms. The molecule has 2 fully saturated rings. The highest BCUT2D eigenvalue weighted by atomic mass is 32.1. The Kier molecular flexibility index (Phi) is 6.45. The second-order valence-electron chi connectivity index (χ2n) is 9.02. The summed E-state index contributed by atoms with van der Waals surface area (Å²) in [6.45, 7) is 0.386. The van der Waals surface area contributed by atoms with Gasteiger partial charge in [0.05, 0.1) is 54.4 Å². The van der Waals surface area contributed by atoms with Gasteiger partial charge in [-0.2, -0.15) is 0 Å². The van der Waals surface area contributed by atoms with E-state index in [0.29, 0.717) is 17.9 Å². The molecule has 0 radical (unpaired) electrons. The minimum atomic E-state index is -1.73. The third kappa shape index (κ3) is 3.51. The van der Waals surface area contributed by atoms with Crippen LogP contribution in [0.2, 0.25) is 0 Å². The summed E-state index contributed by atoms with van der Waals surface area (Å²) in [7, 11) is 4.31. The summed E-state index contributed by atoms with van der Waals surface area (Å²) in [5.41, 5.74) is 1.71. The van der Waals surface area contributed by atoms with E-state index in [-0.39, 0.29) is 13.1 Å². The number of methoxy groups -OCH3 is 2. The normalized spacial score (nSPS) is 28.6. The van der Waals surface area contributed by atoms with E-state index < -0.39 is 40.6 Å². The Morgan fingerprint density at radius 2 is 1.53 bits per heavy atom. The van der Waals surface area contributed by atoms with Gasteiger partial charge in [-0.1, -0.05) is 6.07 Å². The first-order chi connectivity index (χ1) is 17.4. The number of nitrogens with zero attached hydrogens (tertiary/aromatic N) is 5. The molecule has 10 nitrogen and oxygen atoms in total. The predicted molar refractivity (Wildman–Crippen MR) is 131 cm³/mol. The minimum Gasteiger partial charge on any atom is -0.468 e. The third-order valence-corrected chi connectivity index (χ3v) is 8.39. The molecule has 188 valence electrons. The highest BCUT2D eigenvalue weighted by molar-refractivity contribution is 7.07. The number of aromatic nitrogens is 3. The summed E-state index contributed by atoms with van der Waals surface area (Å²) in [6.07, 6.45) is 1.68. The standard InChI is InChI=1S/C24H25N5O5S2/c1-28-18(16-9-35-13-26-16)23(21(31)33-2)11-29(8-15-6-4-5-7-25-15)12-24(20(23)30,22(32)34-3)19(28)17-10-36-14-27-17/h4-7,9-10,13-14,18-19H,8,11-12H2,1-3H3. The average Bonchev–Trinajstić information content (AvgIpc) is 3.60. The summed E-state index contributed by atoms with van der Waals surface area (Å²) in [5.74, 6) is -1.96. The van der Waals surface area contributed by atoms with Gasteiger partial charge in [-0.15, -0.1) is 22.7 Å². The highest BCUT2D eigenvalue weighted by Gasteiger charge is 2.75. The fraction of sp³-hybridized carbons (Fsp3) is 0.417. The van der Waals surface area contributed by atoms with Crippen LogP contribution in [0, 0.1) is 10.8 Å². The maximum absolute atomic E-state index is 14.7. The molecule has 4 unspecified atom stereocenters. The van der Waals surface area contributed by atoms with Gasteiger partial charge in [0, 0.05) is 36.6 Å². The number of pyridine rings is 1. The lowest BCUT2D eigenvalue weighted by Gasteiger charge is -2.60. The summed E-state index contributed by atoms with van der Waals surface area (Å²) in [4.78, 5) is 59.3. The smallest absolute Gasteiger partial charge is 0.322 e. The number of esters is 2. The van der Waals surface area contributed by atoms with Gasteiger partial charge in [0.1, 0.15) is 0 Å². The van der Waals surface area contributed by atoms with Crippen LogP contribution >= 0.6 is 22.7 Å². The van der Waals surface area contributed by atoms with Crippen LogP contribution in [0.15, 0.2) is 46.2 Å². The molecule has 0 spiro atoms. The first-order valence-corrected chi connectivity index (χ1v) is 13.1. The van der Waals surface area contributed by atoms with Crippen molar-refractivity contribution in [1.82, 2.24) is 24.8 Å². The van der Waals surface area contributed by atoms with Crippen molar-refractivity contribution in [3.05, 3.63) is 63.3 Å². The quantitative estimate of drug-likeness (QED) is 0.349. The fourth-order valence-electron chi connectivity index (χ4n) is 5.94. The largest absolute Gasteiger partial charge is 0.468 e. The van der Waals surface area contributed by atoms with Crippen LogP contribution < -0.4 is 0 Å². The average molecular weight is 528 g/mol. The molecular formula is C24H25N5O5S2. The molecule has 0 aliphatic carbocycles. The topological polar surface area (TPSA) is 115 Å². The Balaban J connectivity index is 1.77. The molecule has 5 heterocycles. The van der Waals surface area contributed by atoms with Crippen molar-refractivity contribution in [3.63, 3.8) is 0 Å². The Morgan fingerprint density at radius 3 is 1.94 bits per heavy atom. The van der Waals surface area contributed by atoms with E-state index in [2.05, 4.69) is 15.0 Å². The number of ether oxygens (including phenoxy) is 2. The third-order valence-electron chi connectivity index (χ3n) is 7.18. The number of ketones is 1. The number of Topliss-reactive ketones (excluding diaryl/α,β-unsaturated/α-hetero) is 1. The van der Waals surface area contributed by atoms with Crippen molar-refractivity contribution >= 4 is 40.4 Å². The van der Waals surface area contributed by atoms with E-state index in [1.165, 1.54) is 36.9 Å². The molecule has 0 amide bonds. The van der Waals surface area contributed by atoms with Crippen molar-refractivity contribution in [2.45, 2.75) is 18.6 Å². The SMILES string of the molecule is COC(=O)C12CN(Cc3ccccn3)CC(C(=O)OC)(C1=O)C(c1cscn1)N(C)C2c1cscn1. The first kappa shape index (κ1) is 24.6. The molecule has 2 saturated heterocycles. The molecular weight excluding hydrogens is 502 g/mol. The van der Waals surface area contributed by atoms with Crippen LogP contribution in [0.3, 0.4) is 0 Å². The number of piperidine rings is 2. The van der Waals surface area contributed by atoms with E-state index in [4.69, 9.17) is 9.47 Å². The number of carbonyl (C=O) groups is 3. The second kappa shape index (κ2) is 9.43. The van der Waals surface area contributed by atoms with Crippen molar-refractivity contribution in [1.29, 1.82) is 0 Å². The van der Waals surface area contributed by atoms with Gasteiger partial charge in [-0.3, -0.25) is 29.2 Å². The zero-order valence-corrected chi connectivity index (χ0v) is 21.6. The van der Waals surface area contributed by atoms with E-state index in [1.54, 1.807) is 24.3 Å². The number of thiazole rings is 2. The Morgan fingerprint density at radius 1 is 0.972 bits per heavy atom. The monoisotopic (exact) mass is 527 g/mol. The summed E-state index contributed by atoms with van der Waals surface area (Å²) in [5, 5.41) is 3.64. The van der Waals surface area contributed by atoms with Crippen LogP contribution in [-0.2, 0) is 30.4 Å². The molecule has 2 bridgehead atoms. The summed E-state index contributed by atoms with van der Waals surface area (Å²) in [6, 6.07) is 3.97. The van der Waals surface area contributed by atoms with Crippen LogP contribution in [0.1, 0.15) is 29.2 Å². The molecule has 0 N–H and O–H groups in total. The van der Waals surface area contributed by atoms with Crippen molar-refractivity contribution in [2.24, 2.45) is 10.8 Å². The Hall–Kier alpha value is -3.06. The highest BCUT2D eigenvalue weighted by Crippen LogP contribution is 2.60. The first-order valence-electron chi connectivity index (χ1n) is 11.2. The van der Waals surface area contributed by atoms with Crippen molar-refractivity contribution in [2.75, 3.05) is 34.4 Å². The van der Waals surface area contributed by atoms with E-state index in [1.807, 2.05) is 38.8 Å². The molecule has 2 aliphatic rings. The van der Waals surface area contributed by atoms with Gasteiger partial charge in [0.15, 0.2) is 16.6 Å². The second-order valence-corrected chi connectivity index (χ2v) is 10.5. The van der Waals surface area contributed by atoms with Crippen molar-refractivity contribution in [3.8, 4) is 0 Å². The van der Waals surface area contributed by atoms with Crippen LogP contribution in [0.25, 0.3) is 0 Å². The molecule has 36 heavy (non-hydrogen) atoms. The number of rotatable bonds is 6. The summed E-state index contributed by atoms with van der Waals surface area (Å²) < 4.78 is 10.6. The Bertz CT molecular complexity index is 1180. The summed E-state index contributed by atoms with van der Waals surface area (Å²) >= 11 is 2.74. The predicted octanol–water partition coefficient (Wildman–Crippen LogP) is 2.13.